The highest BCUT2D eigenvalue weighted by Gasteiger charge is 2.15. The molecule has 5 heteroatoms. The number of para-hydroxylation sites is 1. The van der Waals surface area contributed by atoms with Crippen LogP contribution in [0.5, 0.6) is 5.75 Å². The number of nitrogens with one attached hydrogen (secondary N) is 2. The summed E-state index contributed by atoms with van der Waals surface area (Å²) in [6.45, 7) is 1.93. The Labute approximate surface area is 113 Å². The molecule has 1 aromatic carbocycles. The maximum absolute atomic E-state index is 11.7. The van der Waals surface area contributed by atoms with Gasteiger partial charge in [-0.05, 0) is 30.9 Å². The van der Waals surface area contributed by atoms with Gasteiger partial charge in [-0.25, -0.2) is 4.79 Å². The summed E-state index contributed by atoms with van der Waals surface area (Å²) in [6, 6.07) is 7.22. The Morgan fingerprint density at radius 1 is 1.32 bits per heavy atom. The smallest absolute Gasteiger partial charge is 0.315 e. The topological polar surface area (TPSA) is 70.6 Å². The number of carbonyl (C=O) groups excluding carboxylic acids is 1. The van der Waals surface area contributed by atoms with Crippen LogP contribution in [0.4, 0.5) is 4.79 Å². The number of hydrogen-bond donors (Lipinski definition) is 3. The molecule has 1 saturated heterocycles. The first kappa shape index (κ1) is 13.7. The quantitative estimate of drug-likeness (QED) is 0.770. The zero-order valence-corrected chi connectivity index (χ0v) is 10.9. The van der Waals surface area contributed by atoms with Crippen molar-refractivity contribution >= 4 is 6.03 Å². The van der Waals surface area contributed by atoms with Gasteiger partial charge in [-0.1, -0.05) is 18.2 Å². The van der Waals surface area contributed by atoms with Gasteiger partial charge in [0.2, 0.25) is 0 Å². The van der Waals surface area contributed by atoms with Crippen molar-refractivity contribution in [2.75, 3.05) is 19.8 Å². The molecule has 1 heterocycles. The Balaban J connectivity index is 1.67. The number of rotatable bonds is 4. The van der Waals surface area contributed by atoms with E-state index in [9.17, 15) is 9.90 Å². The number of phenols is 1. The molecule has 2 rings (SSSR count). The highest BCUT2D eigenvalue weighted by molar-refractivity contribution is 5.74. The van der Waals surface area contributed by atoms with Crippen LogP contribution in [-0.2, 0) is 11.2 Å². The maximum Gasteiger partial charge on any atom is 0.315 e. The standard InChI is InChI=1S/C14H20N2O3/c17-13-4-2-1-3-11(13)5-8-15-14(18)16-12-6-9-19-10-7-12/h1-4,12,17H,5-10H2,(H2,15,16,18). The summed E-state index contributed by atoms with van der Waals surface area (Å²) >= 11 is 0. The van der Waals surface area contributed by atoms with Gasteiger partial charge in [0.05, 0.1) is 0 Å². The predicted molar refractivity (Wildman–Crippen MR) is 72.2 cm³/mol. The first-order chi connectivity index (χ1) is 9.25. The third-order valence-corrected chi connectivity index (χ3v) is 3.23. The average molecular weight is 264 g/mol. The number of ether oxygens (including phenoxy) is 1. The monoisotopic (exact) mass is 264 g/mol. The lowest BCUT2D eigenvalue weighted by molar-refractivity contribution is 0.0801. The van der Waals surface area contributed by atoms with Crippen LogP contribution < -0.4 is 10.6 Å². The minimum atomic E-state index is -0.151. The van der Waals surface area contributed by atoms with Gasteiger partial charge in [0, 0.05) is 25.8 Å². The number of phenolic OH excluding ortho intramolecular Hbond substituents is 1. The molecular weight excluding hydrogens is 244 g/mol. The zero-order valence-electron chi connectivity index (χ0n) is 10.9. The van der Waals surface area contributed by atoms with Crippen LogP contribution in [0.1, 0.15) is 18.4 Å². The van der Waals surface area contributed by atoms with Crippen molar-refractivity contribution in [3.63, 3.8) is 0 Å². The van der Waals surface area contributed by atoms with E-state index in [0.717, 1.165) is 18.4 Å². The third kappa shape index (κ3) is 4.44. The first-order valence-electron chi connectivity index (χ1n) is 6.64. The Bertz CT molecular complexity index is 417. The molecule has 0 spiro atoms. The SMILES string of the molecule is O=C(NCCc1ccccc1O)NC1CCOCC1. The molecule has 0 atom stereocenters. The number of carbonyl (C=O) groups is 1. The minimum absolute atomic E-state index is 0.151. The van der Waals surface area contributed by atoms with Crippen molar-refractivity contribution in [3.05, 3.63) is 29.8 Å². The summed E-state index contributed by atoms with van der Waals surface area (Å²) in [5, 5.41) is 15.3. The second-order valence-electron chi connectivity index (χ2n) is 4.67. The predicted octanol–water partition coefficient (Wildman–Crippen LogP) is 1.41. The zero-order chi connectivity index (χ0) is 13.5. The van der Waals surface area contributed by atoms with Gasteiger partial charge in [-0.3, -0.25) is 0 Å². The summed E-state index contributed by atoms with van der Waals surface area (Å²) in [4.78, 5) is 11.7. The molecule has 1 aliphatic rings. The lowest BCUT2D eigenvalue weighted by Gasteiger charge is -2.23. The van der Waals surface area contributed by atoms with Crippen LogP contribution in [0, 0.1) is 0 Å². The molecule has 0 radical (unpaired) electrons. The van der Waals surface area contributed by atoms with E-state index in [4.69, 9.17) is 4.74 Å². The molecule has 0 saturated carbocycles. The lowest BCUT2D eigenvalue weighted by Crippen LogP contribution is -2.44. The van der Waals surface area contributed by atoms with Crippen molar-refractivity contribution in [2.24, 2.45) is 0 Å². The van der Waals surface area contributed by atoms with E-state index in [2.05, 4.69) is 10.6 Å². The van der Waals surface area contributed by atoms with Crippen LogP contribution in [-0.4, -0.2) is 36.9 Å². The van der Waals surface area contributed by atoms with Gasteiger partial charge in [0.15, 0.2) is 0 Å². The van der Waals surface area contributed by atoms with Crippen LogP contribution in [0.3, 0.4) is 0 Å². The van der Waals surface area contributed by atoms with E-state index >= 15 is 0 Å². The van der Waals surface area contributed by atoms with Crippen molar-refractivity contribution in [3.8, 4) is 5.75 Å². The summed E-state index contributed by atoms with van der Waals surface area (Å²) in [7, 11) is 0. The van der Waals surface area contributed by atoms with Crippen LogP contribution in [0.15, 0.2) is 24.3 Å². The molecule has 0 unspecified atom stereocenters. The van der Waals surface area contributed by atoms with E-state index < -0.39 is 0 Å². The van der Waals surface area contributed by atoms with Gasteiger partial charge in [0.1, 0.15) is 5.75 Å². The fourth-order valence-corrected chi connectivity index (χ4v) is 2.11. The second-order valence-corrected chi connectivity index (χ2v) is 4.67. The lowest BCUT2D eigenvalue weighted by atomic mass is 10.1. The summed E-state index contributed by atoms with van der Waals surface area (Å²) in [5.41, 5.74) is 0.842. The van der Waals surface area contributed by atoms with E-state index in [1.54, 1.807) is 12.1 Å². The Kier molecular flexibility index (Phi) is 5.03. The molecule has 19 heavy (non-hydrogen) atoms. The Morgan fingerprint density at radius 2 is 2.05 bits per heavy atom. The molecule has 1 aromatic rings. The third-order valence-electron chi connectivity index (χ3n) is 3.23. The average Bonchev–Trinajstić information content (AvgIpc) is 2.42. The molecule has 0 aromatic heterocycles. The van der Waals surface area contributed by atoms with Gasteiger partial charge < -0.3 is 20.5 Å². The molecule has 1 aliphatic heterocycles. The van der Waals surface area contributed by atoms with E-state index in [1.807, 2.05) is 12.1 Å². The van der Waals surface area contributed by atoms with Crippen molar-refractivity contribution < 1.29 is 14.6 Å². The van der Waals surface area contributed by atoms with Crippen LogP contribution >= 0.6 is 0 Å². The Morgan fingerprint density at radius 3 is 2.79 bits per heavy atom. The molecule has 1 fully saturated rings. The largest absolute Gasteiger partial charge is 0.508 e. The highest BCUT2D eigenvalue weighted by atomic mass is 16.5. The normalized spacial score (nSPS) is 16.0. The first-order valence-corrected chi connectivity index (χ1v) is 6.64. The van der Waals surface area contributed by atoms with E-state index in [-0.39, 0.29) is 17.8 Å². The van der Waals surface area contributed by atoms with Gasteiger partial charge in [-0.15, -0.1) is 0 Å². The number of aromatic hydroxyl groups is 1. The summed E-state index contributed by atoms with van der Waals surface area (Å²) < 4.78 is 5.23. The number of urea groups is 1. The number of amides is 2. The van der Waals surface area contributed by atoms with Crippen molar-refractivity contribution in [2.45, 2.75) is 25.3 Å². The van der Waals surface area contributed by atoms with Crippen LogP contribution in [0.2, 0.25) is 0 Å². The van der Waals surface area contributed by atoms with Crippen molar-refractivity contribution in [1.82, 2.24) is 10.6 Å². The highest BCUT2D eigenvalue weighted by Crippen LogP contribution is 2.15. The van der Waals surface area contributed by atoms with Gasteiger partial charge in [0.25, 0.3) is 0 Å². The molecule has 3 N–H and O–H groups in total. The van der Waals surface area contributed by atoms with E-state index in [0.29, 0.717) is 26.2 Å². The van der Waals surface area contributed by atoms with Gasteiger partial charge >= 0.3 is 6.03 Å². The molecule has 104 valence electrons. The fraction of sp³-hybridized carbons (Fsp3) is 0.500. The molecule has 5 nitrogen and oxygen atoms in total. The molecular formula is C14H20N2O3. The van der Waals surface area contributed by atoms with Crippen LogP contribution in [0.25, 0.3) is 0 Å². The molecule has 0 bridgehead atoms. The summed E-state index contributed by atoms with van der Waals surface area (Å²) in [6.07, 6.45) is 2.35. The van der Waals surface area contributed by atoms with Gasteiger partial charge in [-0.2, -0.15) is 0 Å². The summed E-state index contributed by atoms with van der Waals surface area (Å²) in [5.74, 6) is 0.272. The Hall–Kier alpha value is -1.75. The molecule has 0 aliphatic carbocycles. The van der Waals surface area contributed by atoms with Crippen molar-refractivity contribution in [1.29, 1.82) is 0 Å². The number of hydrogen-bond acceptors (Lipinski definition) is 3. The second kappa shape index (κ2) is 6.99. The molecule has 2 amide bonds. The minimum Gasteiger partial charge on any atom is -0.508 e. The van der Waals surface area contributed by atoms with E-state index in [1.165, 1.54) is 0 Å². The fourth-order valence-electron chi connectivity index (χ4n) is 2.11. The maximum atomic E-state index is 11.7. The number of benzene rings is 1.